The molecule has 1 aromatic rings. The van der Waals surface area contributed by atoms with Crippen molar-refractivity contribution in [1.82, 2.24) is 14.9 Å². The predicted octanol–water partition coefficient (Wildman–Crippen LogP) is 1.07. The van der Waals surface area contributed by atoms with Crippen LogP contribution in [0.2, 0.25) is 0 Å². The quantitative estimate of drug-likeness (QED) is 0.801. The molecule has 2 rings (SSSR count). The van der Waals surface area contributed by atoms with E-state index in [1.54, 1.807) is 0 Å². The van der Waals surface area contributed by atoms with Crippen LogP contribution in [0.5, 0.6) is 0 Å². The van der Waals surface area contributed by atoms with Crippen LogP contribution in [0.15, 0.2) is 12.4 Å². The van der Waals surface area contributed by atoms with Gasteiger partial charge in [0, 0.05) is 46.3 Å². The first-order chi connectivity index (χ1) is 8.58. The molecule has 0 saturated carbocycles. The zero-order valence-corrected chi connectivity index (χ0v) is 11.8. The van der Waals surface area contributed by atoms with Gasteiger partial charge in [-0.05, 0) is 13.8 Å². The lowest BCUT2D eigenvalue weighted by molar-refractivity contribution is 0.209. The van der Waals surface area contributed by atoms with E-state index in [2.05, 4.69) is 33.6 Å². The summed E-state index contributed by atoms with van der Waals surface area (Å²) in [7, 11) is 3.95. The van der Waals surface area contributed by atoms with Gasteiger partial charge >= 0.3 is 0 Å². The number of aromatic nitrogens is 2. The SMILES string of the molecule is CC(C)N1CCN(c2cnc(N(C)C)cn2)CC1. The molecule has 0 atom stereocenters. The normalized spacial score (nSPS) is 17.3. The Hall–Kier alpha value is -1.36. The monoisotopic (exact) mass is 249 g/mol. The minimum Gasteiger partial charge on any atom is -0.361 e. The molecular formula is C13H23N5. The molecule has 0 spiro atoms. The van der Waals surface area contributed by atoms with Crippen LogP contribution in [0.25, 0.3) is 0 Å². The van der Waals surface area contributed by atoms with Crippen LogP contribution in [0.1, 0.15) is 13.8 Å². The van der Waals surface area contributed by atoms with Gasteiger partial charge in [-0.2, -0.15) is 0 Å². The molecule has 1 aliphatic heterocycles. The van der Waals surface area contributed by atoms with E-state index in [1.165, 1.54) is 0 Å². The molecule has 0 N–H and O–H groups in total. The Balaban J connectivity index is 1.97. The predicted molar refractivity (Wildman–Crippen MR) is 75.3 cm³/mol. The third-order valence-electron chi connectivity index (χ3n) is 3.45. The van der Waals surface area contributed by atoms with Crippen LogP contribution < -0.4 is 9.80 Å². The Labute approximate surface area is 109 Å². The van der Waals surface area contributed by atoms with E-state index in [0.717, 1.165) is 37.8 Å². The van der Waals surface area contributed by atoms with Crippen molar-refractivity contribution >= 4 is 11.6 Å². The molecule has 5 nitrogen and oxygen atoms in total. The van der Waals surface area contributed by atoms with Crippen LogP contribution in [0, 0.1) is 0 Å². The highest BCUT2D eigenvalue weighted by Crippen LogP contribution is 2.15. The first-order valence-corrected chi connectivity index (χ1v) is 6.56. The first-order valence-electron chi connectivity index (χ1n) is 6.56. The molecule has 0 aromatic carbocycles. The van der Waals surface area contributed by atoms with Gasteiger partial charge in [0.1, 0.15) is 11.6 Å². The molecule has 0 bridgehead atoms. The lowest BCUT2D eigenvalue weighted by Gasteiger charge is -2.37. The average Bonchev–Trinajstić information content (AvgIpc) is 2.39. The molecule has 0 radical (unpaired) electrons. The van der Waals surface area contributed by atoms with Crippen molar-refractivity contribution in [2.45, 2.75) is 19.9 Å². The second kappa shape index (κ2) is 5.52. The summed E-state index contributed by atoms with van der Waals surface area (Å²) in [4.78, 5) is 15.7. The molecule has 0 amide bonds. The van der Waals surface area contributed by atoms with E-state index >= 15 is 0 Å². The van der Waals surface area contributed by atoms with Crippen LogP contribution in [-0.4, -0.2) is 61.2 Å². The highest BCUT2D eigenvalue weighted by atomic mass is 15.3. The fourth-order valence-corrected chi connectivity index (χ4v) is 2.18. The number of nitrogens with zero attached hydrogens (tertiary/aromatic N) is 5. The van der Waals surface area contributed by atoms with E-state index < -0.39 is 0 Å². The van der Waals surface area contributed by atoms with Gasteiger partial charge in [0.25, 0.3) is 0 Å². The lowest BCUT2D eigenvalue weighted by Crippen LogP contribution is -2.49. The molecule has 2 heterocycles. The number of hydrogen-bond donors (Lipinski definition) is 0. The fraction of sp³-hybridized carbons (Fsp3) is 0.692. The summed E-state index contributed by atoms with van der Waals surface area (Å²) < 4.78 is 0. The van der Waals surface area contributed by atoms with Crippen molar-refractivity contribution in [3.05, 3.63) is 12.4 Å². The smallest absolute Gasteiger partial charge is 0.147 e. The Morgan fingerprint density at radius 3 is 2.17 bits per heavy atom. The maximum Gasteiger partial charge on any atom is 0.147 e. The van der Waals surface area contributed by atoms with Gasteiger partial charge in [-0.15, -0.1) is 0 Å². The van der Waals surface area contributed by atoms with Crippen molar-refractivity contribution in [2.24, 2.45) is 0 Å². The summed E-state index contributed by atoms with van der Waals surface area (Å²) in [5.74, 6) is 1.89. The summed E-state index contributed by atoms with van der Waals surface area (Å²) >= 11 is 0. The highest BCUT2D eigenvalue weighted by molar-refractivity contribution is 5.42. The summed E-state index contributed by atoms with van der Waals surface area (Å²) in [5.41, 5.74) is 0. The van der Waals surface area contributed by atoms with Gasteiger partial charge < -0.3 is 9.80 Å². The summed E-state index contributed by atoms with van der Waals surface area (Å²) in [6.45, 7) is 8.79. The number of piperazine rings is 1. The Bertz CT molecular complexity index is 365. The molecule has 1 aliphatic rings. The summed E-state index contributed by atoms with van der Waals surface area (Å²) in [6, 6.07) is 0.634. The molecule has 100 valence electrons. The lowest BCUT2D eigenvalue weighted by atomic mass is 10.2. The molecule has 0 aliphatic carbocycles. The van der Waals surface area contributed by atoms with Gasteiger partial charge in [-0.1, -0.05) is 0 Å². The third-order valence-corrected chi connectivity index (χ3v) is 3.45. The maximum absolute atomic E-state index is 4.50. The highest BCUT2D eigenvalue weighted by Gasteiger charge is 2.19. The van der Waals surface area contributed by atoms with Crippen molar-refractivity contribution in [3.63, 3.8) is 0 Å². The molecule has 1 saturated heterocycles. The molecule has 1 fully saturated rings. The van der Waals surface area contributed by atoms with Gasteiger partial charge in [0.05, 0.1) is 12.4 Å². The van der Waals surface area contributed by atoms with Crippen molar-refractivity contribution in [3.8, 4) is 0 Å². The Morgan fingerprint density at radius 2 is 1.72 bits per heavy atom. The van der Waals surface area contributed by atoms with Gasteiger partial charge in [0.2, 0.25) is 0 Å². The molecular weight excluding hydrogens is 226 g/mol. The standard InChI is InChI=1S/C13H23N5/c1-11(2)17-5-7-18(8-6-17)13-10-14-12(9-15-13)16(3)4/h9-11H,5-8H2,1-4H3. The molecule has 1 aromatic heterocycles. The van der Waals surface area contributed by atoms with Gasteiger partial charge in [0.15, 0.2) is 0 Å². The Kier molecular flexibility index (Phi) is 4.01. The third kappa shape index (κ3) is 2.90. The van der Waals surface area contributed by atoms with E-state index in [9.17, 15) is 0 Å². The zero-order valence-electron chi connectivity index (χ0n) is 11.8. The number of rotatable bonds is 3. The number of anilines is 2. The topological polar surface area (TPSA) is 35.5 Å². The Morgan fingerprint density at radius 1 is 1.06 bits per heavy atom. The van der Waals surface area contributed by atoms with Crippen molar-refractivity contribution in [2.75, 3.05) is 50.1 Å². The van der Waals surface area contributed by atoms with Gasteiger partial charge in [-0.3, -0.25) is 4.90 Å². The van der Waals surface area contributed by atoms with Gasteiger partial charge in [-0.25, -0.2) is 9.97 Å². The first kappa shape index (κ1) is 13.1. The average molecular weight is 249 g/mol. The molecule has 18 heavy (non-hydrogen) atoms. The summed E-state index contributed by atoms with van der Waals surface area (Å²) in [5, 5.41) is 0. The summed E-state index contributed by atoms with van der Waals surface area (Å²) in [6.07, 6.45) is 3.71. The molecule has 5 heteroatoms. The van der Waals surface area contributed by atoms with E-state index in [1.807, 2.05) is 31.4 Å². The maximum atomic E-state index is 4.50. The van der Waals surface area contributed by atoms with Crippen molar-refractivity contribution < 1.29 is 0 Å². The minimum absolute atomic E-state index is 0.634. The number of hydrogen-bond acceptors (Lipinski definition) is 5. The molecule has 0 unspecified atom stereocenters. The van der Waals surface area contributed by atoms with Crippen molar-refractivity contribution in [1.29, 1.82) is 0 Å². The second-order valence-electron chi connectivity index (χ2n) is 5.24. The fourth-order valence-electron chi connectivity index (χ4n) is 2.18. The van der Waals surface area contributed by atoms with Crippen LogP contribution >= 0.6 is 0 Å². The van der Waals surface area contributed by atoms with Crippen LogP contribution in [0.3, 0.4) is 0 Å². The largest absolute Gasteiger partial charge is 0.361 e. The van der Waals surface area contributed by atoms with Crippen LogP contribution in [-0.2, 0) is 0 Å². The minimum atomic E-state index is 0.634. The zero-order chi connectivity index (χ0) is 13.1. The van der Waals surface area contributed by atoms with Crippen LogP contribution in [0.4, 0.5) is 11.6 Å². The van der Waals surface area contributed by atoms with E-state index in [-0.39, 0.29) is 0 Å². The van der Waals surface area contributed by atoms with E-state index in [4.69, 9.17) is 0 Å². The van der Waals surface area contributed by atoms with E-state index in [0.29, 0.717) is 6.04 Å². The second-order valence-corrected chi connectivity index (χ2v) is 5.24.